The molecular formula is C10H15NOS. The second-order valence-electron chi connectivity index (χ2n) is 4.39. The minimum Gasteiger partial charge on any atom is -0.395 e. The van der Waals surface area contributed by atoms with E-state index >= 15 is 0 Å². The quantitative estimate of drug-likeness (QED) is 0.806. The number of hydrogen-bond donors (Lipinski definition) is 1. The summed E-state index contributed by atoms with van der Waals surface area (Å²) in [5.74, 6) is 0.730. The molecule has 0 aliphatic heterocycles. The SMILES string of the molecule is CC(C)(CO)c1csc(C2CC2)n1. The largest absolute Gasteiger partial charge is 0.395 e. The molecule has 0 unspecified atom stereocenters. The topological polar surface area (TPSA) is 33.1 Å². The first kappa shape index (κ1) is 9.16. The van der Waals surface area contributed by atoms with E-state index in [0.717, 1.165) is 11.6 Å². The molecule has 13 heavy (non-hydrogen) atoms. The Morgan fingerprint density at radius 3 is 2.85 bits per heavy atom. The van der Waals surface area contributed by atoms with E-state index < -0.39 is 0 Å². The fraction of sp³-hybridized carbons (Fsp3) is 0.700. The molecule has 1 aliphatic carbocycles. The fourth-order valence-corrected chi connectivity index (χ4v) is 2.38. The summed E-state index contributed by atoms with van der Waals surface area (Å²) in [7, 11) is 0. The van der Waals surface area contributed by atoms with Crippen LogP contribution in [0.4, 0.5) is 0 Å². The lowest BCUT2D eigenvalue weighted by atomic mass is 9.91. The van der Waals surface area contributed by atoms with Crippen molar-refractivity contribution in [3.05, 3.63) is 16.1 Å². The highest BCUT2D eigenvalue weighted by atomic mass is 32.1. The van der Waals surface area contributed by atoms with Gasteiger partial charge >= 0.3 is 0 Å². The lowest BCUT2D eigenvalue weighted by molar-refractivity contribution is 0.215. The Kier molecular flexibility index (Phi) is 2.16. The van der Waals surface area contributed by atoms with E-state index in [1.54, 1.807) is 11.3 Å². The van der Waals surface area contributed by atoms with Gasteiger partial charge in [0.1, 0.15) is 0 Å². The molecule has 1 aromatic heterocycles. The van der Waals surface area contributed by atoms with Gasteiger partial charge < -0.3 is 5.11 Å². The second kappa shape index (κ2) is 3.07. The predicted octanol–water partition coefficient (Wildman–Crippen LogP) is 2.29. The van der Waals surface area contributed by atoms with Crippen molar-refractivity contribution in [2.45, 2.75) is 38.0 Å². The normalized spacial score (nSPS) is 17.8. The van der Waals surface area contributed by atoms with Gasteiger partial charge in [-0.3, -0.25) is 0 Å². The molecule has 1 saturated carbocycles. The molecule has 0 bridgehead atoms. The first-order valence-corrected chi connectivity index (χ1v) is 5.58. The summed E-state index contributed by atoms with van der Waals surface area (Å²) < 4.78 is 0. The average Bonchev–Trinajstić information content (AvgIpc) is 2.83. The van der Waals surface area contributed by atoms with Crippen molar-refractivity contribution in [3.8, 4) is 0 Å². The number of aliphatic hydroxyl groups is 1. The van der Waals surface area contributed by atoms with E-state index in [1.807, 2.05) is 13.8 Å². The Bertz CT molecular complexity index is 302. The van der Waals surface area contributed by atoms with Crippen LogP contribution in [0.5, 0.6) is 0 Å². The third kappa shape index (κ3) is 1.76. The van der Waals surface area contributed by atoms with Crippen LogP contribution in [0.2, 0.25) is 0 Å². The Hall–Kier alpha value is -0.410. The standard InChI is InChI=1S/C10H15NOS/c1-10(2,6-12)8-5-13-9(11-8)7-3-4-7/h5,7,12H,3-4,6H2,1-2H3. The highest BCUT2D eigenvalue weighted by Gasteiger charge is 2.29. The molecule has 0 saturated heterocycles. The smallest absolute Gasteiger partial charge is 0.0959 e. The summed E-state index contributed by atoms with van der Waals surface area (Å²) in [4.78, 5) is 4.57. The molecule has 0 spiro atoms. The fourth-order valence-electron chi connectivity index (χ4n) is 1.20. The summed E-state index contributed by atoms with van der Waals surface area (Å²) in [5.41, 5.74) is 0.866. The monoisotopic (exact) mass is 197 g/mol. The predicted molar refractivity (Wildman–Crippen MR) is 54.2 cm³/mol. The van der Waals surface area contributed by atoms with Gasteiger partial charge in [0.15, 0.2) is 0 Å². The zero-order valence-electron chi connectivity index (χ0n) is 8.08. The van der Waals surface area contributed by atoms with Crippen LogP contribution >= 0.6 is 11.3 Å². The van der Waals surface area contributed by atoms with E-state index in [-0.39, 0.29) is 12.0 Å². The van der Waals surface area contributed by atoms with Gasteiger partial charge in [0, 0.05) is 16.7 Å². The van der Waals surface area contributed by atoms with Crippen LogP contribution in [0.1, 0.15) is 43.3 Å². The molecule has 1 aromatic rings. The third-order valence-electron chi connectivity index (χ3n) is 2.54. The molecule has 72 valence electrons. The van der Waals surface area contributed by atoms with Gasteiger partial charge in [0.2, 0.25) is 0 Å². The molecule has 0 atom stereocenters. The van der Waals surface area contributed by atoms with Crippen LogP contribution in [0, 0.1) is 0 Å². The van der Waals surface area contributed by atoms with Crippen LogP contribution < -0.4 is 0 Å². The molecular weight excluding hydrogens is 182 g/mol. The lowest BCUT2D eigenvalue weighted by Gasteiger charge is -2.18. The van der Waals surface area contributed by atoms with Gasteiger partial charge in [0.05, 0.1) is 17.3 Å². The molecule has 1 N–H and O–H groups in total. The van der Waals surface area contributed by atoms with Crippen LogP contribution in [-0.2, 0) is 5.41 Å². The maximum Gasteiger partial charge on any atom is 0.0959 e. The second-order valence-corrected chi connectivity index (χ2v) is 5.28. The third-order valence-corrected chi connectivity index (χ3v) is 3.54. The molecule has 0 radical (unpaired) electrons. The van der Waals surface area contributed by atoms with Crippen molar-refractivity contribution in [1.82, 2.24) is 4.98 Å². The van der Waals surface area contributed by atoms with Crippen molar-refractivity contribution in [2.75, 3.05) is 6.61 Å². The first-order chi connectivity index (χ1) is 6.13. The summed E-state index contributed by atoms with van der Waals surface area (Å²) in [6.45, 7) is 4.22. The van der Waals surface area contributed by atoms with Gasteiger partial charge in [-0.15, -0.1) is 11.3 Å². The first-order valence-electron chi connectivity index (χ1n) is 4.70. The van der Waals surface area contributed by atoms with Gasteiger partial charge in [-0.2, -0.15) is 0 Å². The Labute approximate surface area is 82.6 Å². The molecule has 1 heterocycles. The maximum absolute atomic E-state index is 9.18. The van der Waals surface area contributed by atoms with Gasteiger partial charge in [-0.25, -0.2) is 4.98 Å². The number of aromatic nitrogens is 1. The highest BCUT2D eigenvalue weighted by Crippen LogP contribution is 2.42. The van der Waals surface area contributed by atoms with Gasteiger partial charge in [0.25, 0.3) is 0 Å². The molecule has 0 amide bonds. The van der Waals surface area contributed by atoms with Crippen molar-refractivity contribution < 1.29 is 5.11 Å². The summed E-state index contributed by atoms with van der Waals surface area (Å²) >= 11 is 1.74. The number of rotatable bonds is 3. The number of nitrogens with zero attached hydrogens (tertiary/aromatic N) is 1. The summed E-state index contributed by atoms with van der Waals surface area (Å²) in [6, 6.07) is 0. The molecule has 1 fully saturated rings. The number of hydrogen-bond acceptors (Lipinski definition) is 3. The zero-order valence-corrected chi connectivity index (χ0v) is 8.90. The zero-order chi connectivity index (χ0) is 9.47. The van der Waals surface area contributed by atoms with Gasteiger partial charge in [-0.05, 0) is 12.8 Å². The van der Waals surface area contributed by atoms with Crippen molar-refractivity contribution in [2.24, 2.45) is 0 Å². The molecule has 2 nitrogen and oxygen atoms in total. The Morgan fingerprint density at radius 2 is 2.31 bits per heavy atom. The maximum atomic E-state index is 9.18. The van der Waals surface area contributed by atoms with Crippen molar-refractivity contribution >= 4 is 11.3 Å². The molecule has 1 aliphatic rings. The van der Waals surface area contributed by atoms with E-state index in [4.69, 9.17) is 0 Å². The minimum absolute atomic E-state index is 0.167. The Balaban J connectivity index is 2.20. The molecule has 2 rings (SSSR count). The van der Waals surface area contributed by atoms with Crippen LogP contribution in [-0.4, -0.2) is 16.7 Å². The highest BCUT2D eigenvalue weighted by molar-refractivity contribution is 7.09. The summed E-state index contributed by atoms with van der Waals surface area (Å²) in [5, 5.41) is 12.5. The van der Waals surface area contributed by atoms with E-state index in [0.29, 0.717) is 0 Å². The number of thiazole rings is 1. The lowest BCUT2D eigenvalue weighted by Crippen LogP contribution is -2.22. The van der Waals surface area contributed by atoms with Crippen LogP contribution in [0.15, 0.2) is 5.38 Å². The average molecular weight is 197 g/mol. The number of aliphatic hydroxyl groups excluding tert-OH is 1. The van der Waals surface area contributed by atoms with E-state index in [1.165, 1.54) is 17.8 Å². The van der Waals surface area contributed by atoms with Crippen LogP contribution in [0.25, 0.3) is 0 Å². The van der Waals surface area contributed by atoms with Crippen molar-refractivity contribution in [1.29, 1.82) is 0 Å². The van der Waals surface area contributed by atoms with Crippen molar-refractivity contribution in [3.63, 3.8) is 0 Å². The van der Waals surface area contributed by atoms with Gasteiger partial charge in [-0.1, -0.05) is 13.8 Å². The van der Waals surface area contributed by atoms with Crippen LogP contribution in [0.3, 0.4) is 0 Å². The minimum atomic E-state index is -0.177. The molecule has 0 aromatic carbocycles. The molecule has 3 heteroatoms. The van der Waals surface area contributed by atoms with E-state index in [9.17, 15) is 5.11 Å². The Morgan fingerprint density at radius 1 is 1.62 bits per heavy atom. The van der Waals surface area contributed by atoms with E-state index in [2.05, 4.69) is 10.4 Å². The summed E-state index contributed by atoms with van der Waals surface area (Å²) in [6.07, 6.45) is 2.60.